The van der Waals surface area contributed by atoms with E-state index in [1.54, 1.807) is 26.2 Å². The highest BCUT2D eigenvalue weighted by Crippen LogP contribution is 2.31. The minimum atomic E-state index is -4.56. The second-order valence-electron chi connectivity index (χ2n) is 5.06. The first kappa shape index (κ1) is 18.1. The van der Waals surface area contributed by atoms with Gasteiger partial charge in [0.2, 0.25) is 0 Å². The lowest BCUT2D eigenvalue weighted by Crippen LogP contribution is -2.21. The normalized spacial score (nSPS) is 11.4. The zero-order valence-electron chi connectivity index (χ0n) is 12.8. The van der Waals surface area contributed by atoms with Crippen LogP contribution in [0.15, 0.2) is 35.5 Å². The molecule has 128 valence electrons. The van der Waals surface area contributed by atoms with Gasteiger partial charge in [-0.15, -0.1) is 0 Å². The SMILES string of the molecule is CN(C)c1cc(C(F)(F)F)nc(SCc2ccc(C(=O)[O-])cc2)n1. The number of carboxylic acids is 1. The van der Waals surface area contributed by atoms with Crippen LogP contribution in [0.4, 0.5) is 19.0 Å². The van der Waals surface area contributed by atoms with E-state index in [0.29, 0.717) is 5.75 Å². The molecule has 0 aliphatic carbocycles. The zero-order valence-corrected chi connectivity index (χ0v) is 13.6. The van der Waals surface area contributed by atoms with Gasteiger partial charge in [0.1, 0.15) is 5.82 Å². The van der Waals surface area contributed by atoms with Crippen molar-refractivity contribution < 1.29 is 23.1 Å². The standard InChI is InChI=1S/C15H14F3N3O2S/c1-21(2)12-7-11(15(16,17)18)19-14(20-12)24-8-9-3-5-10(6-4-9)13(22)23/h3-7H,8H2,1-2H3,(H,22,23)/p-1. The van der Waals surface area contributed by atoms with E-state index in [2.05, 4.69) is 9.97 Å². The molecule has 5 nitrogen and oxygen atoms in total. The molecule has 0 radical (unpaired) electrons. The molecule has 2 aromatic rings. The number of aromatic nitrogens is 2. The van der Waals surface area contributed by atoms with Gasteiger partial charge in [0.05, 0.1) is 5.97 Å². The van der Waals surface area contributed by atoms with Gasteiger partial charge < -0.3 is 14.8 Å². The molecule has 0 saturated carbocycles. The second kappa shape index (κ2) is 7.08. The summed E-state index contributed by atoms with van der Waals surface area (Å²) < 4.78 is 38.7. The summed E-state index contributed by atoms with van der Waals surface area (Å²) in [6.07, 6.45) is -4.56. The van der Waals surface area contributed by atoms with E-state index in [9.17, 15) is 23.1 Å². The number of carboxylic acid groups (broad SMARTS) is 1. The van der Waals surface area contributed by atoms with Gasteiger partial charge in [-0.2, -0.15) is 13.2 Å². The minimum absolute atomic E-state index is 0.00231. The number of hydrogen-bond acceptors (Lipinski definition) is 6. The van der Waals surface area contributed by atoms with Crippen LogP contribution >= 0.6 is 11.8 Å². The number of carbonyl (C=O) groups is 1. The molecule has 2 rings (SSSR count). The fourth-order valence-corrected chi connectivity index (χ4v) is 2.55. The third-order valence-corrected chi connectivity index (χ3v) is 3.92. The largest absolute Gasteiger partial charge is 0.545 e. The monoisotopic (exact) mass is 356 g/mol. The van der Waals surface area contributed by atoms with Gasteiger partial charge in [-0.25, -0.2) is 9.97 Å². The summed E-state index contributed by atoms with van der Waals surface area (Å²) in [7, 11) is 3.19. The molecule has 0 aliphatic rings. The van der Waals surface area contributed by atoms with Crippen molar-refractivity contribution in [3.8, 4) is 0 Å². The van der Waals surface area contributed by atoms with Crippen LogP contribution in [0, 0.1) is 0 Å². The molecule has 0 fully saturated rings. The van der Waals surface area contributed by atoms with Gasteiger partial charge in [-0.3, -0.25) is 0 Å². The maximum atomic E-state index is 12.9. The van der Waals surface area contributed by atoms with Crippen LogP contribution in [0.3, 0.4) is 0 Å². The smallest absolute Gasteiger partial charge is 0.433 e. The van der Waals surface area contributed by atoms with Crippen molar-refractivity contribution in [2.45, 2.75) is 17.1 Å². The number of aromatic carboxylic acids is 1. The Balaban J connectivity index is 2.19. The van der Waals surface area contributed by atoms with E-state index in [1.807, 2.05) is 0 Å². The van der Waals surface area contributed by atoms with E-state index < -0.39 is 17.8 Å². The van der Waals surface area contributed by atoms with E-state index in [-0.39, 0.29) is 16.5 Å². The van der Waals surface area contributed by atoms with Crippen LogP contribution in [0.5, 0.6) is 0 Å². The Bertz CT molecular complexity index is 734. The average molecular weight is 356 g/mol. The number of nitrogens with zero attached hydrogens (tertiary/aromatic N) is 3. The van der Waals surface area contributed by atoms with Crippen LogP contribution in [-0.4, -0.2) is 30.0 Å². The molecule has 0 unspecified atom stereocenters. The van der Waals surface area contributed by atoms with Gasteiger partial charge in [-0.1, -0.05) is 36.0 Å². The first-order valence-electron chi connectivity index (χ1n) is 6.73. The third kappa shape index (κ3) is 4.60. The molecular formula is C15H13F3N3O2S-. The van der Waals surface area contributed by atoms with Crippen LogP contribution in [0.2, 0.25) is 0 Å². The Hall–Kier alpha value is -2.29. The molecular weight excluding hydrogens is 343 g/mol. The van der Waals surface area contributed by atoms with E-state index >= 15 is 0 Å². The van der Waals surface area contributed by atoms with Gasteiger partial charge in [0, 0.05) is 25.9 Å². The van der Waals surface area contributed by atoms with Crippen LogP contribution in [0.1, 0.15) is 21.6 Å². The number of alkyl halides is 3. The van der Waals surface area contributed by atoms with Gasteiger partial charge in [0.15, 0.2) is 10.9 Å². The first-order valence-corrected chi connectivity index (χ1v) is 7.72. The van der Waals surface area contributed by atoms with Crippen molar-refractivity contribution >= 4 is 23.5 Å². The summed E-state index contributed by atoms with van der Waals surface area (Å²) in [5.41, 5.74) is -0.234. The van der Waals surface area contributed by atoms with Crippen molar-refractivity contribution in [1.29, 1.82) is 0 Å². The molecule has 1 aromatic heterocycles. The minimum Gasteiger partial charge on any atom is -0.545 e. The summed E-state index contributed by atoms with van der Waals surface area (Å²) in [6, 6.07) is 6.78. The summed E-state index contributed by atoms with van der Waals surface area (Å²) in [5.74, 6) is -0.820. The second-order valence-corrected chi connectivity index (χ2v) is 6.00. The van der Waals surface area contributed by atoms with Gasteiger partial charge in [0.25, 0.3) is 0 Å². The topological polar surface area (TPSA) is 69.2 Å². The fraction of sp³-hybridized carbons (Fsp3) is 0.267. The van der Waals surface area contributed by atoms with Crippen LogP contribution < -0.4 is 10.0 Å². The maximum Gasteiger partial charge on any atom is 0.433 e. The molecule has 1 aromatic carbocycles. The molecule has 0 amide bonds. The summed E-state index contributed by atoms with van der Waals surface area (Å²) in [4.78, 5) is 19.8. The molecule has 9 heteroatoms. The molecule has 1 heterocycles. The zero-order chi connectivity index (χ0) is 17.9. The molecule has 0 atom stereocenters. The molecule has 0 saturated heterocycles. The number of hydrogen-bond donors (Lipinski definition) is 0. The summed E-state index contributed by atoms with van der Waals surface area (Å²) in [5, 5.41) is 10.7. The number of carbonyl (C=O) groups excluding carboxylic acids is 1. The Morgan fingerprint density at radius 2 is 1.83 bits per heavy atom. The van der Waals surface area contributed by atoms with Gasteiger partial charge in [-0.05, 0) is 11.1 Å². The lowest BCUT2D eigenvalue weighted by molar-refractivity contribution is -0.255. The van der Waals surface area contributed by atoms with E-state index in [4.69, 9.17) is 0 Å². The fourth-order valence-electron chi connectivity index (χ4n) is 1.74. The predicted molar refractivity (Wildman–Crippen MR) is 81.7 cm³/mol. The molecule has 0 bridgehead atoms. The Kier molecular flexibility index (Phi) is 5.33. The van der Waals surface area contributed by atoms with Crippen LogP contribution in [-0.2, 0) is 11.9 Å². The highest BCUT2D eigenvalue weighted by molar-refractivity contribution is 7.98. The lowest BCUT2D eigenvalue weighted by Gasteiger charge is -2.15. The highest BCUT2D eigenvalue weighted by Gasteiger charge is 2.34. The van der Waals surface area contributed by atoms with Gasteiger partial charge >= 0.3 is 6.18 Å². The van der Waals surface area contributed by atoms with Crippen molar-refractivity contribution in [2.24, 2.45) is 0 Å². The molecule has 24 heavy (non-hydrogen) atoms. The Morgan fingerprint density at radius 1 is 1.21 bits per heavy atom. The van der Waals surface area contributed by atoms with Crippen molar-refractivity contribution in [1.82, 2.24) is 9.97 Å². The van der Waals surface area contributed by atoms with Crippen molar-refractivity contribution in [2.75, 3.05) is 19.0 Å². The van der Waals surface area contributed by atoms with E-state index in [1.165, 1.54) is 17.0 Å². The lowest BCUT2D eigenvalue weighted by atomic mass is 10.1. The molecule has 0 aliphatic heterocycles. The van der Waals surface area contributed by atoms with E-state index in [0.717, 1.165) is 23.4 Å². The molecule has 0 N–H and O–H groups in total. The maximum absolute atomic E-state index is 12.9. The highest BCUT2D eigenvalue weighted by atomic mass is 32.2. The number of thioether (sulfide) groups is 1. The Labute approximate surface area is 140 Å². The number of rotatable bonds is 5. The number of halogens is 3. The number of benzene rings is 1. The predicted octanol–water partition coefficient (Wildman–Crippen LogP) is 2.22. The number of anilines is 1. The third-order valence-electron chi connectivity index (χ3n) is 3.00. The van der Waals surface area contributed by atoms with Crippen molar-refractivity contribution in [3.63, 3.8) is 0 Å². The quantitative estimate of drug-likeness (QED) is 0.604. The average Bonchev–Trinajstić information content (AvgIpc) is 2.52. The van der Waals surface area contributed by atoms with Crippen LogP contribution in [0.25, 0.3) is 0 Å². The molecule has 0 spiro atoms. The summed E-state index contributed by atoms with van der Waals surface area (Å²) >= 11 is 1.04. The summed E-state index contributed by atoms with van der Waals surface area (Å²) in [6.45, 7) is 0. The Morgan fingerprint density at radius 3 is 2.33 bits per heavy atom. The van der Waals surface area contributed by atoms with Crippen molar-refractivity contribution in [3.05, 3.63) is 47.2 Å². The first-order chi connectivity index (χ1) is 11.2.